The molecular weight excluding hydrogens is 500 g/mol. The molecule has 0 N–H and O–H groups in total. The molecule has 0 bridgehead atoms. The second-order valence-electron chi connectivity index (χ2n) is 12.3. The molecule has 0 aromatic carbocycles. The van der Waals surface area contributed by atoms with Crippen LogP contribution in [-0.4, -0.2) is 83.3 Å². The molecule has 0 spiro atoms. The fourth-order valence-corrected chi connectivity index (χ4v) is 7.15. The molecule has 4 heterocycles. The maximum Gasteiger partial charge on any atom is 0.225 e. The van der Waals surface area contributed by atoms with Crippen LogP contribution in [0.5, 0.6) is 0 Å². The number of rotatable bonds is 6. The SMILES string of the molecule is COC1(C2C=CC(c3cc4c(N5CCN(C(=O)[C@H]6C[C@H](C#N)C6)CC5)ccnn4c3)=CC2)CCN(C(C)C)CC1. The number of nitriles is 1. The molecule has 1 saturated carbocycles. The minimum absolute atomic E-state index is 0.0417. The average Bonchev–Trinajstić information content (AvgIpc) is 3.41. The van der Waals surface area contributed by atoms with Crippen LogP contribution in [-0.2, 0) is 9.53 Å². The third kappa shape index (κ3) is 4.95. The summed E-state index contributed by atoms with van der Waals surface area (Å²) >= 11 is 0. The molecule has 2 aliphatic heterocycles. The Kier molecular flexibility index (Phi) is 7.45. The number of likely N-dealkylation sites (tertiary alicyclic amines) is 1. The highest BCUT2D eigenvalue weighted by atomic mass is 16.5. The van der Waals surface area contributed by atoms with Gasteiger partial charge in [-0.2, -0.15) is 10.4 Å². The number of piperazine rings is 1. The molecule has 2 aromatic rings. The van der Waals surface area contributed by atoms with Gasteiger partial charge in [0.25, 0.3) is 0 Å². The van der Waals surface area contributed by atoms with Crippen LogP contribution in [0.2, 0.25) is 0 Å². The number of methoxy groups -OCH3 is 1. The van der Waals surface area contributed by atoms with Crippen LogP contribution in [0.15, 0.2) is 42.8 Å². The molecule has 2 saturated heterocycles. The lowest BCUT2D eigenvalue weighted by atomic mass is 9.75. The van der Waals surface area contributed by atoms with Gasteiger partial charge in [0.2, 0.25) is 5.91 Å². The highest BCUT2D eigenvalue weighted by molar-refractivity contribution is 5.83. The van der Waals surface area contributed by atoms with Crippen molar-refractivity contribution in [1.29, 1.82) is 5.26 Å². The van der Waals surface area contributed by atoms with E-state index in [-0.39, 0.29) is 23.3 Å². The Morgan fingerprint density at radius 1 is 1.15 bits per heavy atom. The number of aromatic nitrogens is 2. The van der Waals surface area contributed by atoms with E-state index < -0.39 is 0 Å². The van der Waals surface area contributed by atoms with Crippen LogP contribution >= 0.6 is 0 Å². The standard InChI is InChI=1S/C32H42N6O2/c1-23(2)35-12-9-32(40-3,10-13-35)28-6-4-25(5-7-28)27-20-30-29(8-11-34-38(30)22-27)36-14-16-37(17-15-36)31(39)26-18-24(19-26)21-33/h4-6,8,11,20,22-24,26,28H,7,9-10,12-19H2,1-3H3/t24-,26-,28?. The first-order valence-electron chi connectivity index (χ1n) is 15.0. The quantitative estimate of drug-likeness (QED) is 0.539. The van der Waals surface area contributed by atoms with E-state index in [1.807, 2.05) is 22.7 Å². The van der Waals surface area contributed by atoms with Crippen molar-refractivity contribution in [3.05, 3.63) is 48.3 Å². The summed E-state index contributed by atoms with van der Waals surface area (Å²) < 4.78 is 8.19. The van der Waals surface area contributed by atoms with Gasteiger partial charge in [-0.1, -0.05) is 18.2 Å². The van der Waals surface area contributed by atoms with E-state index in [9.17, 15) is 4.79 Å². The van der Waals surface area contributed by atoms with E-state index in [0.717, 1.165) is 82.6 Å². The number of allylic oxidation sites excluding steroid dienone is 3. The zero-order valence-electron chi connectivity index (χ0n) is 24.1. The zero-order chi connectivity index (χ0) is 27.9. The molecule has 0 radical (unpaired) electrons. The van der Waals surface area contributed by atoms with Crippen LogP contribution in [0, 0.1) is 29.1 Å². The number of nitrogens with zero attached hydrogens (tertiary/aromatic N) is 6. The number of amides is 1. The van der Waals surface area contributed by atoms with Crippen LogP contribution in [0.3, 0.4) is 0 Å². The van der Waals surface area contributed by atoms with Gasteiger partial charge in [0, 0.05) is 88.1 Å². The Balaban J connectivity index is 1.11. The second-order valence-corrected chi connectivity index (χ2v) is 12.3. The van der Waals surface area contributed by atoms with E-state index in [1.165, 1.54) is 11.1 Å². The summed E-state index contributed by atoms with van der Waals surface area (Å²) in [7, 11) is 1.89. The predicted molar refractivity (Wildman–Crippen MR) is 157 cm³/mol. The molecule has 212 valence electrons. The average molecular weight is 543 g/mol. The summed E-state index contributed by atoms with van der Waals surface area (Å²) in [6, 6.07) is 7.21. The Morgan fingerprint density at radius 3 is 2.52 bits per heavy atom. The van der Waals surface area contributed by atoms with Crippen LogP contribution < -0.4 is 4.90 Å². The number of piperidine rings is 1. The molecule has 40 heavy (non-hydrogen) atoms. The summed E-state index contributed by atoms with van der Waals surface area (Å²) in [6.45, 7) is 9.80. The Labute approximate surface area is 237 Å². The van der Waals surface area contributed by atoms with Gasteiger partial charge < -0.3 is 19.4 Å². The van der Waals surface area contributed by atoms with E-state index in [2.05, 4.69) is 71.4 Å². The maximum atomic E-state index is 12.8. The molecule has 1 unspecified atom stereocenters. The minimum Gasteiger partial charge on any atom is -0.378 e. The van der Waals surface area contributed by atoms with Gasteiger partial charge in [-0.3, -0.25) is 4.79 Å². The molecule has 8 nitrogen and oxygen atoms in total. The molecule has 6 rings (SSSR count). The summed E-state index contributed by atoms with van der Waals surface area (Å²) in [5.41, 5.74) is 4.60. The summed E-state index contributed by atoms with van der Waals surface area (Å²) in [6.07, 6.45) is 15.6. The van der Waals surface area contributed by atoms with Crippen molar-refractivity contribution in [3.8, 4) is 6.07 Å². The lowest BCUT2D eigenvalue weighted by Gasteiger charge is -2.46. The minimum atomic E-state index is -0.0796. The van der Waals surface area contributed by atoms with E-state index in [1.54, 1.807) is 0 Å². The zero-order valence-corrected chi connectivity index (χ0v) is 24.1. The fourth-order valence-electron chi connectivity index (χ4n) is 7.15. The third-order valence-electron chi connectivity index (χ3n) is 9.98. The Hall–Kier alpha value is -3.15. The normalized spacial score (nSPS) is 27.0. The highest BCUT2D eigenvalue weighted by Gasteiger charge is 2.41. The number of fused-ring (bicyclic) bond motifs is 1. The summed E-state index contributed by atoms with van der Waals surface area (Å²) in [4.78, 5) is 19.8. The van der Waals surface area contributed by atoms with Crippen molar-refractivity contribution in [2.24, 2.45) is 17.8 Å². The van der Waals surface area contributed by atoms with Gasteiger partial charge in [0.15, 0.2) is 0 Å². The van der Waals surface area contributed by atoms with Crippen molar-refractivity contribution in [1.82, 2.24) is 19.4 Å². The number of hydrogen-bond acceptors (Lipinski definition) is 6. The number of ether oxygens (including phenoxy) is 1. The molecular formula is C32H42N6O2. The van der Waals surface area contributed by atoms with Crippen molar-refractivity contribution >= 4 is 22.7 Å². The number of carbonyl (C=O) groups is 1. The summed E-state index contributed by atoms with van der Waals surface area (Å²) in [5.74, 6) is 0.727. The largest absolute Gasteiger partial charge is 0.378 e. The monoisotopic (exact) mass is 542 g/mol. The van der Waals surface area contributed by atoms with Crippen molar-refractivity contribution in [3.63, 3.8) is 0 Å². The predicted octanol–water partition coefficient (Wildman–Crippen LogP) is 4.38. The maximum absolute atomic E-state index is 12.8. The lowest BCUT2D eigenvalue weighted by molar-refractivity contribution is -0.139. The van der Waals surface area contributed by atoms with Crippen molar-refractivity contribution in [2.75, 3.05) is 51.3 Å². The lowest BCUT2D eigenvalue weighted by Crippen LogP contribution is -2.52. The van der Waals surface area contributed by atoms with Crippen molar-refractivity contribution in [2.45, 2.75) is 57.6 Å². The van der Waals surface area contributed by atoms with Gasteiger partial charge in [-0.15, -0.1) is 0 Å². The fraction of sp³-hybridized carbons (Fsp3) is 0.594. The highest BCUT2D eigenvalue weighted by Crippen LogP contribution is 2.40. The molecule has 1 atom stereocenters. The first kappa shape index (κ1) is 27.0. The summed E-state index contributed by atoms with van der Waals surface area (Å²) in [5, 5.41) is 13.6. The van der Waals surface area contributed by atoms with Crippen molar-refractivity contribution < 1.29 is 9.53 Å². The van der Waals surface area contributed by atoms with Gasteiger partial charge in [0.1, 0.15) is 0 Å². The molecule has 8 heteroatoms. The topological polar surface area (TPSA) is 77.1 Å². The molecule has 4 aliphatic rings. The van der Waals surface area contributed by atoms with Gasteiger partial charge in [-0.05, 0) is 63.7 Å². The van der Waals surface area contributed by atoms with Gasteiger partial charge in [-0.25, -0.2) is 4.52 Å². The number of anilines is 1. The number of hydrogen-bond donors (Lipinski definition) is 0. The van der Waals surface area contributed by atoms with E-state index in [4.69, 9.17) is 10.00 Å². The van der Waals surface area contributed by atoms with E-state index >= 15 is 0 Å². The van der Waals surface area contributed by atoms with Crippen LogP contribution in [0.25, 0.3) is 11.1 Å². The van der Waals surface area contributed by atoms with E-state index in [0.29, 0.717) is 12.0 Å². The first-order chi connectivity index (χ1) is 19.4. The second kappa shape index (κ2) is 11.0. The van der Waals surface area contributed by atoms with Crippen LogP contribution in [0.4, 0.5) is 5.69 Å². The molecule has 3 fully saturated rings. The van der Waals surface area contributed by atoms with Gasteiger partial charge >= 0.3 is 0 Å². The molecule has 2 aromatic heterocycles. The molecule has 2 aliphatic carbocycles. The number of carbonyl (C=O) groups excluding carboxylic acids is 1. The Bertz CT molecular complexity index is 1330. The van der Waals surface area contributed by atoms with Gasteiger partial charge in [0.05, 0.1) is 22.9 Å². The Morgan fingerprint density at radius 2 is 1.90 bits per heavy atom. The first-order valence-corrected chi connectivity index (χ1v) is 15.0. The molecule has 1 amide bonds. The smallest absolute Gasteiger partial charge is 0.225 e. The van der Waals surface area contributed by atoms with Crippen LogP contribution in [0.1, 0.15) is 51.5 Å². The third-order valence-corrected chi connectivity index (χ3v) is 9.98.